The first-order valence-corrected chi connectivity index (χ1v) is 7.87. The number of hydrogen-bond acceptors (Lipinski definition) is 3. The minimum absolute atomic E-state index is 0.0249. The fraction of sp³-hybridized carbons (Fsp3) is 0.647. The van der Waals surface area contributed by atoms with Gasteiger partial charge >= 0.3 is 0 Å². The number of ether oxygens (including phenoxy) is 1. The average molecular weight is 278 g/mol. The highest BCUT2D eigenvalue weighted by Crippen LogP contribution is 2.23. The molecule has 0 spiro atoms. The summed E-state index contributed by atoms with van der Waals surface area (Å²) in [5.41, 5.74) is 4.11. The van der Waals surface area contributed by atoms with Crippen LogP contribution in [0.1, 0.15) is 63.5 Å². The number of benzene rings is 1. The van der Waals surface area contributed by atoms with Gasteiger partial charge in [-0.15, -0.1) is 0 Å². The highest BCUT2D eigenvalue weighted by molar-refractivity contribution is 5.19. The zero-order valence-electron chi connectivity index (χ0n) is 13.0. The SMILES string of the molecule is CCCCCCCCC(NN)C(OC)c1ccccc1. The van der Waals surface area contributed by atoms with E-state index in [1.165, 1.54) is 44.1 Å². The van der Waals surface area contributed by atoms with E-state index in [0.717, 1.165) is 6.42 Å². The summed E-state index contributed by atoms with van der Waals surface area (Å²) in [5.74, 6) is 5.72. The second-order valence-electron chi connectivity index (χ2n) is 5.40. The first-order chi connectivity index (χ1) is 9.83. The van der Waals surface area contributed by atoms with Crippen LogP contribution in [0.15, 0.2) is 30.3 Å². The van der Waals surface area contributed by atoms with Crippen LogP contribution in [-0.4, -0.2) is 13.2 Å². The molecule has 0 saturated carbocycles. The van der Waals surface area contributed by atoms with Crippen molar-refractivity contribution in [2.75, 3.05) is 7.11 Å². The highest BCUT2D eigenvalue weighted by Gasteiger charge is 2.21. The van der Waals surface area contributed by atoms with E-state index in [4.69, 9.17) is 10.6 Å². The molecule has 3 nitrogen and oxygen atoms in total. The summed E-state index contributed by atoms with van der Waals surface area (Å²) in [4.78, 5) is 0. The second kappa shape index (κ2) is 10.8. The Morgan fingerprint density at radius 1 is 1.05 bits per heavy atom. The van der Waals surface area contributed by atoms with Gasteiger partial charge in [0, 0.05) is 7.11 Å². The van der Waals surface area contributed by atoms with Crippen molar-refractivity contribution in [2.45, 2.75) is 64.0 Å². The van der Waals surface area contributed by atoms with Crippen molar-refractivity contribution < 1.29 is 4.74 Å². The Kier molecular flexibility index (Phi) is 9.29. The van der Waals surface area contributed by atoms with Crippen LogP contribution in [0.4, 0.5) is 0 Å². The van der Waals surface area contributed by atoms with Gasteiger partial charge in [0.05, 0.1) is 12.1 Å². The summed E-state index contributed by atoms with van der Waals surface area (Å²) >= 11 is 0. The molecule has 3 heteroatoms. The summed E-state index contributed by atoms with van der Waals surface area (Å²) in [6, 6.07) is 10.5. The molecule has 1 aromatic rings. The molecule has 114 valence electrons. The zero-order valence-corrected chi connectivity index (χ0v) is 13.0. The van der Waals surface area contributed by atoms with E-state index in [0.29, 0.717) is 0 Å². The van der Waals surface area contributed by atoms with Gasteiger partial charge in [-0.3, -0.25) is 11.3 Å². The van der Waals surface area contributed by atoms with Crippen LogP contribution in [0.2, 0.25) is 0 Å². The second-order valence-corrected chi connectivity index (χ2v) is 5.40. The minimum atomic E-state index is 0.0249. The number of unbranched alkanes of at least 4 members (excludes halogenated alkanes) is 5. The van der Waals surface area contributed by atoms with E-state index in [-0.39, 0.29) is 12.1 Å². The molecule has 20 heavy (non-hydrogen) atoms. The van der Waals surface area contributed by atoms with E-state index in [2.05, 4.69) is 24.5 Å². The third-order valence-corrected chi connectivity index (χ3v) is 3.83. The predicted octanol–water partition coefficient (Wildman–Crippen LogP) is 3.96. The molecule has 1 aromatic carbocycles. The molecular formula is C17H30N2O. The van der Waals surface area contributed by atoms with Gasteiger partial charge in [-0.2, -0.15) is 0 Å². The maximum Gasteiger partial charge on any atom is 0.0987 e. The van der Waals surface area contributed by atoms with Gasteiger partial charge in [0.2, 0.25) is 0 Å². The number of methoxy groups -OCH3 is 1. The van der Waals surface area contributed by atoms with Gasteiger partial charge in [-0.25, -0.2) is 0 Å². The average Bonchev–Trinajstić information content (AvgIpc) is 2.50. The van der Waals surface area contributed by atoms with Crippen molar-refractivity contribution in [3.63, 3.8) is 0 Å². The first kappa shape index (κ1) is 17.2. The monoisotopic (exact) mass is 278 g/mol. The number of hydrogen-bond donors (Lipinski definition) is 2. The van der Waals surface area contributed by atoms with E-state index in [1.807, 2.05) is 18.2 Å². The number of nitrogens with two attached hydrogens (primary N) is 1. The van der Waals surface area contributed by atoms with E-state index >= 15 is 0 Å². The number of hydrazine groups is 1. The van der Waals surface area contributed by atoms with Crippen molar-refractivity contribution in [1.82, 2.24) is 5.43 Å². The smallest absolute Gasteiger partial charge is 0.0987 e. The standard InChI is InChI=1S/C17H30N2O/c1-3-4-5-6-7-11-14-16(19-18)17(20-2)15-12-9-8-10-13-15/h8-10,12-13,16-17,19H,3-7,11,14,18H2,1-2H3. The van der Waals surface area contributed by atoms with Crippen molar-refractivity contribution in [3.8, 4) is 0 Å². The van der Waals surface area contributed by atoms with Gasteiger partial charge in [0.25, 0.3) is 0 Å². The Hall–Kier alpha value is -0.900. The summed E-state index contributed by atoms with van der Waals surface area (Å²) in [6.07, 6.45) is 8.88. The molecule has 0 aliphatic rings. The van der Waals surface area contributed by atoms with Crippen LogP contribution in [0.3, 0.4) is 0 Å². The molecule has 2 unspecified atom stereocenters. The Labute approximate surface area is 123 Å². The maximum atomic E-state index is 5.72. The van der Waals surface area contributed by atoms with Gasteiger partial charge in [0.15, 0.2) is 0 Å². The van der Waals surface area contributed by atoms with E-state index in [9.17, 15) is 0 Å². The van der Waals surface area contributed by atoms with Gasteiger partial charge < -0.3 is 4.74 Å². The molecule has 2 atom stereocenters. The third kappa shape index (κ3) is 6.04. The third-order valence-electron chi connectivity index (χ3n) is 3.83. The quantitative estimate of drug-likeness (QED) is 0.366. The van der Waals surface area contributed by atoms with Crippen LogP contribution < -0.4 is 11.3 Å². The first-order valence-electron chi connectivity index (χ1n) is 7.87. The highest BCUT2D eigenvalue weighted by atomic mass is 16.5. The molecule has 0 radical (unpaired) electrons. The molecule has 0 aliphatic carbocycles. The van der Waals surface area contributed by atoms with Crippen molar-refractivity contribution in [1.29, 1.82) is 0 Å². The van der Waals surface area contributed by atoms with Gasteiger partial charge in [-0.1, -0.05) is 75.8 Å². The van der Waals surface area contributed by atoms with Gasteiger partial charge in [-0.05, 0) is 12.0 Å². The summed E-state index contributed by atoms with van der Waals surface area (Å²) in [5, 5.41) is 0. The van der Waals surface area contributed by atoms with E-state index in [1.54, 1.807) is 7.11 Å². The molecule has 0 saturated heterocycles. The van der Waals surface area contributed by atoms with Crippen LogP contribution in [0, 0.1) is 0 Å². The lowest BCUT2D eigenvalue weighted by atomic mass is 9.97. The van der Waals surface area contributed by atoms with E-state index < -0.39 is 0 Å². The fourth-order valence-electron chi connectivity index (χ4n) is 2.64. The Morgan fingerprint density at radius 2 is 1.70 bits per heavy atom. The van der Waals surface area contributed by atoms with Crippen molar-refractivity contribution in [3.05, 3.63) is 35.9 Å². The molecule has 0 bridgehead atoms. The molecule has 0 aliphatic heterocycles. The van der Waals surface area contributed by atoms with Crippen LogP contribution >= 0.6 is 0 Å². The molecular weight excluding hydrogens is 248 g/mol. The molecule has 0 heterocycles. The molecule has 0 amide bonds. The van der Waals surface area contributed by atoms with Crippen molar-refractivity contribution in [2.24, 2.45) is 5.84 Å². The Balaban J connectivity index is 2.39. The predicted molar refractivity (Wildman–Crippen MR) is 85.3 cm³/mol. The topological polar surface area (TPSA) is 47.3 Å². The lowest BCUT2D eigenvalue weighted by molar-refractivity contribution is 0.0640. The molecule has 3 N–H and O–H groups in total. The molecule has 1 rings (SSSR count). The van der Waals surface area contributed by atoms with Crippen molar-refractivity contribution >= 4 is 0 Å². The Morgan fingerprint density at radius 3 is 2.30 bits per heavy atom. The lowest BCUT2D eigenvalue weighted by Gasteiger charge is -2.25. The normalized spacial score (nSPS) is 14.2. The van der Waals surface area contributed by atoms with Crippen LogP contribution in [0.25, 0.3) is 0 Å². The van der Waals surface area contributed by atoms with Gasteiger partial charge in [0.1, 0.15) is 0 Å². The summed E-state index contributed by atoms with van der Waals surface area (Å²) < 4.78 is 5.64. The molecule has 0 aromatic heterocycles. The maximum absolute atomic E-state index is 5.72. The summed E-state index contributed by atoms with van der Waals surface area (Å²) in [7, 11) is 1.75. The lowest BCUT2D eigenvalue weighted by Crippen LogP contribution is -2.40. The Bertz CT molecular complexity index is 329. The molecule has 0 fully saturated rings. The largest absolute Gasteiger partial charge is 0.375 e. The number of nitrogens with one attached hydrogen (secondary N) is 1. The summed E-state index contributed by atoms with van der Waals surface area (Å²) in [6.45, 7) is 2.25. The minimum Gasteiger partial charge on any atom is -0.375 e. The fourth-order valence-corrected chi connectivity index (χ4v) is 2.64. The van der Waals surface area contributed by atoms with Crippen LogP contribution in [0.5, 0.6) is 0 Å². The van der Waals surface area contributed by atoms with Crippen LogP contribution in [-0.2, 0) is 4.74 Å². The zero-order chi connectivity index (χ0) is 14.6. The number of rotatable bonds is 11.